The summed E-state index contributed by atoms with van der Waals surface area (Å²) >= 11 is 0. The minimum atomic E-state index is -0.127. The first-order valence-corrected chi connectivity index (χ1v) is 10.6. The van der Waals surface area contributed by atoms with Gasteiger partial charge in [-0.25, -0.2) is 0 Å². The van der Waals surface area contributed by atoms with Gasteiger partial charge in [-0.15, -0.1) is 0 Å². The zero-order valence-electron chi connectivity index (χ0n) is 17.5. The van der Waals surface area contributed by atoms with Crippen LogP contribution in [0, 0.1) is 0 Å². The van der Waals surface area contributed by atoms with E-state index in [9.17, 15) is 4.79 Å². The Hall–Kier alpha value is -4.18. The largest absolute Gasteiger partial charge is 0.459 e. The second-order valence-electron chi connectivity index (χ2n) is 7.69. The number of carbonyl (C=O) groups excluding carboxylic acids is 1. The number of furan rings is 1. The molecule has 156 valence electrons. The lowest BCUT2D eigenvalue weighted by Crippen LogP contribution is -2.30. The molecule has 4 nitrogen and oxygen atoms in total. The highest BCUT2D eigenvalue weighted by molar-refractivity contribution is 5.92. The monoisotopic (exact) mass is 418 g/mol. The van der Waals surface area contributed by atoms with Gasteiger partial charge in [-0.1, -0.05) is 78.9 Å². The molecule has 0 unspecified atom stereocenters. The van der Waals surface area contributed by atoms with E-state index in [1.807, 2.05) is 60.7 Å². The van der Waals surface area contributed by atoms with Crippen molar-refractivity contribution in [1.29, 1.82) is 0 Å². The van der Waals surface area contributed by atoms with Crippen LogP contribution in [-0.4, -0.2) is 15.8 Å². The van der Waals surface area contributed by atoms with Crippen molar-refractivity contribution in [2.24, 2.45) is 0 Å². The summed E-state index contributed by atoms with van der Waals surface area (Å²) in [5.74, 6) is 0.620. The molecule has 4 heteroatoms. The summed E-state index contributed by atoms with van der Waals surface area (Å²) in [6.07, 6.45) is 1.64. The normalized spacial score (nSPS) is 10.9. The van der Waals surface area contributed by atoms with E-state index in [-0.39, 0.29) is 5.91 Å². The molecular formula is C28H22N2O2. The van der Waals surface area contributed by atoms with Gasteiger partial charge in [0, 0.05) is 18.1 Å². The molecule has 0 fully saturated rings. The van der Waals surface area contributed by atoms with E-state index in [2.05, 4.69) is 41.4 Å². The molecule has 0 aliphatic heterocycles. The molecule has 0 radical (unpaired) electrons. The summed E-state index contributed by atoms with van der Waals surface area (Å²) < 4.78 is 5.98. The fraction of sp³-hybridized carbons (Fsp3) is 0.0714. The van der Waals surface area contributed by atoms with Crippen molar-refractivity contribution < 1.29 is 9.21 Å². The predicted octanol–water partition coefficient (Wildman–Crippen LogP) is 6.34. The lowest BCUT2D eigenvalue weighted by Gasteiger charge is -2.21. The van der Waals surface area contributed by atoms with E-state index >= 15 is 0 Å². The van der Waals surface area contributed by atoms with Crippen LogP contribution in [0.2, 0.25) is 0 Å². The molecule has 0 bridgehead atoms. The summed E-state index contributed by atoms with van der Waals surface area (Å²) in [6.45, 7) is 0.825. The quantitative estimate of drug-likeness (QED) is 0.323. The summed E-state index contributed by atoms with van der Waals surface area (Å²) in [6, 6.07) is 33.8. The van der Waals surface area contributed by atoms with Crippen LogP contribution in [-0.2, 0) is 13.1 Å². The first-order chi connectivity index (χ1) is 15.8. The Bertz CT molecular complexity index is 1290. The number of hydrogen-bond donors (Lipinski definition) is 0. The third-order valence-electron chi connectivity index (χ3n) is 5.43. The molecular weight excluding hydrogens is 396 g/mol. The zero-order chi connectivity index (χ0) is 21.8. The van der Waals surface area contributed by atoms with Crippen molar-refractivity contribution in [3.05, 3.63) is 126 Å². The van der Waals surface area contributed by atoms with Gasteiger partial charge in [-0.05, 0) is 41.0 Å². The summed E-state index contributed by atoms with van der Waals surface area (Å²) in [7, 11) is 0. The van der Waals surface area contributed by atoms with Gasteiger partial charge in [0.25, 0.3) is 5.91 Å². The number of nitrogens with zero attached hydrogens (tertiary/aromatic N) is 2. The number of carbonyl (C=O) groups is 1. The van der Waals surface area contributed by atoms with Gasteiger partial charge < -0.3 is 9.32 Å². The molecule has 32 heavy (non-hydrogen) atoms. The lowest BCUT2D eigenvalue weighted by molar-refractivity contribution is 0.0712. The molecule has 0 spiro atoms. The molecule has 2 aromatic heterocycles. The zero-order valence-corrected chi connectivity index (χ0v) is 17.5. The maximum Gasteiger partial charge on any atom is 0.273 e. The van der Waals surface area contributed by atoms with Crippen LogP contribution in [0.5, 0.6) is 0 Å². The lowest BCUT2D eigenvalue weighted by atomic mass is 10.0. The minimum Gasteiger partial charge on any atom is -0.459 e. The minimum absolute atomic E-state index is 0.127. The Morgan fingerprint density at radius 2 is 1.47 bits per heavy atom. The number of benzene rings is 3. The van der Waals surface area contributed by atoms with Crippen molar-refractivity contribution in [3.8, 4) is 11.1 Å². The molecule has 5 aromatic rings. The van der Waals surface area contributed by atoms with Crippen molar-refractivity contribution in [2.45, 2.75) is 13.1 Å². The third-order valence-corrected chi connectivity index (χ3v) is 5.43. The van der Waals surface area contributed by atoms with Gasteiger partial charge in [0.2, 0.25) is 0 Å². The molecule has 0 atom stereocenters. The molecule has 1 amide bonds. The number of hydrogen-bond acceptors (Lipinski definition) is 3. The van der Waals surface area contributed by atoms with Gasteiger partial charge in [0.15, 0.2) is 0 Å². The van der Waals surface area contributed by atoms with Gasteiger partial charge in [0.1, 0.15) is 17.0 Å². The highest BCUT2D eigenvalue weighted by atomic mass is 16.3. The van der Waals surface area contributed by atoms with Crippen LogP contribution in [0.4, 0.5) is 0 Å². The molecule has 3 aromatic carbocycles. The van der Waals surface area contributed by atoms with Gasteiger partial charge >= 0.3 is 0 Å². The molecule has 0 aliphatic carbocycles. The smallest absolute Gasteiger partial charge is 0.273 e. The number of rotatable bonds is 6. The van der Waals surface area contributed by atoms with E-state index < -0.39 is 0 Å². The molecule has 2 heterocycles. The Balaban J connectivity index is 1.42. The van der Waals surface area contributed by atoms with Crippen LogP contribution >= 0.6 is 0 Å². The molecule has 0 aliphatic rings. The van der Waals surface area contributed by atoms with E-state index in [0.29, 0.717) is 18.8 Å². The second kappa shape index (κ2) is 8.90. The maximum atomic E-state index is 13.3. The Morgan fingerprint density at radius 1 is 0.750 bits per heavy atom. The first kappa shape index (κ1) is 19.8. The van der Waals surface area contributed by atoms with E-state index in [1.165, 1.54) is 5.56 Å². The predicted molar refractivity (Wildman–Crippen MR) is 126 cm³/mol. The van der Waals surface area contributed by atoms with Crippen molar-refractivity contribution in [1.82, 2.24) is 9.88 Å². The Labute approximate surface area is 186 Å². The van der Waals surface area contributed by atoms with E-state index in [0.717, 1.165) is 27.9 Å². The highest BCUT2D eigenvalue weighted by Gasteiger charge is 2.19. The van der Waals surface area contributed by atoms with Crippen LogP contribution in [0.15, 0.2) is 114 Å². The fourth-order valence-electron chi connectivity index (χ4n) is 3.81. The van der Waals surface area contributed by atoms with Gasteiger partial charge in [-0.3, -0.25) is 9.78 Å². The molecule has 0 N–H and O–H groups in total. The van der Waals surface area contributed by atoms with Gasteiger partial charge in [-0.2, -0.15) is 0 Å². The molecule has 0 saturated carbocycles. The first-order valence-electron chi connectivity index (χ1n) is 10.6. The van der Waals surface area contributed by atoms with E-state index in [1.54, 1.807) is 17.2 Å². The van der Waals surface area contributed by atoms with Crippen molar-refractivity contribution >= 4 is 16.9 Å². The van der Waals surface area contributed by atoms with Crippen LogP contribution in [0.3, 0.4) is 0 Å². The molecule has 0 saturated heterocycles. The van der Waals surface area contributed by atoms with Crippen LogP contribution in [0.25, 0.3) is 22.1 Å². The topological polar surface area (TPSA) is 46.3 Å². The number of amides is 1. The van der Waals surface area contributed by atoms with E-state index in [4.69, 9.17) is 4.42 Å². The summed E-state index contributed by atoms with van der Waals surface area (Å²) in [5, 5.41) is 1.03. The summed E-state index contributed by atoms with van der Waals surface area (Å²) in [4.78, 5) is 19.3. The Morgan fingerprint density at radius 3 is 2.22 bits per heavy atom. The number of fused-ring (bicyclic) bond motifs is 1. The standard InChI is InChI=1S/C28H22N2O2/c31-28(26-11-6-7-17-29-26)30(20-25-18-24-10-4-5-12-27(24)32-25)19-21-13-15-23(16-14-21)22-8-2-1-3-9-22/h1-18H,19-20H2. The van der Waals surface area contributed by atoms with Crippen LogP contribution in [0.1, 0.15) is 21.8 Å². The Kier molecular flexibility index (Phi) is 5.50. The SMILES string of the molecule is O=C(c1ccccn1)N(Cc1ccc(-c2ccccc2)cc1)Cc1cc2ccccc2o1. The second-order valence-corrected chi connectivity index (χ2v) is 7.69. The number of para-hydroxylation sites is 1. The van der Waals surface area contributed by atoms with Gasteiger partial charge in [0.05, 0.1) is 6.54 Å². The number of pyridine rings is 1. The third kappa shape index (κ3) is 4.30. The summed E-state index contributed by atoms with van der Waals surface area (Å²) in [5.41, 5.74) is 4.60. The van der Waals surface area contributed by atoms with Crippen molar-refractivity contribution in [2.75, 3.05) is 0 Å². The van der Waals surface area contributed by atoms with Crippen molar-refractivity contribution in [3.63, 3.8) is 0 Å². The number of aromatic nitrogens is 1. The molecule has 5 rings (SSSR count). The fourth-order valence-corrected chi connectivity index (χ4v) is 3.81. The highest BCUT2D eigenvalue weighted by Crippen LogP contribution is 2.23. The van der Waals surface area contributed by atoms with Crippen LogP contribution < -0.4 is 0 Å². The maximum absolute atomic E-state index is 13.3. The average Bonchev–Trinajstić information content (AvgIpc) is 3.27. The average molecular weight is 418 g/mol.